The summed E-state index contributed by atoms with van der Waals surface area (Å²) in [4.78, 5) is 0. The molecule has 1 fully saturated rings. The van der Waals surface area contributed by atoms with Gasteiger partial charge in [-0.05, 0) is 32.7 Å². The van der Waals surface area contributed by atoms with Crippen molar-refractivity contribution >= 4 is 0 Å². The summed E-state index contributed by atoms with van der Waals surface area (Å²) in [5.74, 6) is 0.757. The Balaban J connectivity index is 2.31. The second-order valence-corrected chi connectivity index (χ2v) is 3.49. The molecule has 12 heavy (non-hydrogen) atoms. The Labute approximate surface area is 75.0 Å². The van der Waals surface area contributed by atoms with E-state index in [0.29, 0.717) is 0 Å². The van der Waals surface area contributed by atoms with Crippen LogP contribution in [-0.4, -0.2) is 26.8 Å². The number of rotatable bonds is 3. The first-order valence-corrected chi connectivity index (χ1v) is 4.72. The van der Waals surface area contributed by atoms with Crippen LogP contribution in [0.2, 0.25) is 0 Å². The quantitative estimate of drug-likeness (QED) is 0.648. The Morgan fingerprint density at radius 2 is 2.17 bits per heavy atom. The lowest BCUT2D eigenvalue weighted by atomic mass is 9.98. The Bertz CT molecular complexity index is 148. The monoisotopic (exact) mass is 169 g/mol. The van der Waals surface area contributed by atoms with Crippen LogP contribution in [0.25, 0.3) is 0 Å². The van der Waals surface area contributed by atoms with E-state index in [1.807, 2.05) is 7.05 Å². The van der Waals surface area contributed by atoms with E-state index in [9.17, 15) is 0 Å². The van der Waals surface area contributed by atoms with Crippen LogP contribution in [0.15, 0.2) is 11.6 Å². The van der Waals surface area contributed by atoms with Gasteiger partial charge < -0.3 is 10.1 Å². The van der Waals surface area contributed by atoms with E-state index in [1.54, 1.807) is 0 Å². The van der Waals surface area contributed by atoms with Gasteiger partial charge in [-0.15, -0.1) is 0 Å². The van der Waals surface area contributed by atoms with E-state index in [2.05, 4.69) is 18.3 Å². The summed E-state index contributed by atoms with van der Waals surface area (Å²) in [6.45, 7) is 5.07. The van der Waals surface area contributed by atoms with Crippen LogP contribution in [0, 0.1) is 5.92 Å². The van der Waals surface area contributed by atoms with Crippen LogP contribution in [-0.2, 0) is 4.74 Å². The normalized spacial score (nSPS) is 21.3. The van der Waals surface area contributed by atoms with Gasteiger partial charge in [-0.3, -0.25) is 0 Å². The summed E-state index contributed by atoms with van der Waals surface area (Å²) < 4.78 is 5.30. The van der Waals surface area contributed by atoms with Gasteiger partial charge in [0.05, 0.1) is 0 Å². The number of allylic oxidation sites excluding steroid dienone is 1. The minimum atomic E-state index is 0.757. The molecule has 0 aliphatic carbocycles. The molecular weight excluding hydrogens is 150 g/mol. The highest BCUT2D eigenvalue weighted by Crippen LogP contribution is 2.17. The van der Waals surface area contributed by atoms with Gasteiger partial charge >= 0.3 is 0 Å². The number of likely N-dealkylation sites (N-methyl/N-ethyl adjacent to an activating group) is 1. The number of nitrogens with one attached hydrogen (secondary N) is 1. The minimum Gasteiger partial charge on any atom is -0.381 e. The predicted molar refractivity (Wildman–Crippen MR) is 51.2 cm³/mol. The molecule has 0 aromatic heterocycles. The highest BCUT2D eigenvalue weighted by Gasteiger charge is 2.10. The van der Waals surface area contributed by atoms with E-state index >= 15 is 0 Å². The first kappa shape index (κ1) is 9.75. The highest BCUT2D eigenvalue weighted by atomic mass is 16.5. The van der Waals surface area contributed by atoms with Crippen molar-refractivity contribution in [2.45, 2.75) is 19.8 Å². The SMILES string of the molecule is CNCC(C)=CC1CCOCC1. The molecule has 0 unspecified atom stereocenters. The fourth-order valence-corrected chi connectivity index (χ4v) is 1.62. The predicted octanol–water partition coefficient (Wildman–Crippen LogP) is 1.58. The standard InChI is InChI=1S/C10H19NO/c1-9(8-11-2)7-10-3-5-12-6-4-10/h7,10-11H,3-6,8H2,1-2H3. The van der Waals surface area contributed by atoms with Gasteiger partial charge in [0.2, 0.25) is 0 Å². The molecule has 1 heterocycles. The van der Waals surface area contributed by atoms with Crippen LogP contribution >= 0.6 is 0 Å². The molecule has 0 atom stereocenters. The third kappa shape index (κ3) is 3.37. The van der Waals surface area contributed by atoms with Crippen LogP contribution in [0.5, 0.6) is 0 Å². The Morgan fingerprint density at radius 3 is 2.75 bits per heavy atom. The summed E-state index contributed by atoms with van der Waals surface area (Å²) in [6, 6.07) is 0. The van der Waals surface area contributed by atoms with E-state index in [1.165, 1.54) is 18.4 Å². The third-order valence-corrected chi connectivity index (χ3v) is 2.24. The molecule has 0 aromatic rings. The zero-order valence-electron chi connectivity index (χ0n) is 8.10. The lowest BCUT2D eigenvalue weighted by Crippen LogP contribution is -2.15. The van der Waals surface area contributed by atoms with Gasteiger partial charge in [-0.1, -0.05) is 11.6 Å². The second kappa shape index (κ2) is 5.33. The number of hydrogen-bond donors (Lipinski definition) is 1. The average molecular weight is 169 g/mol. The van der Waals surface area contributed by atoms with Crippen LogP contribution in [0.4, 0.5) is 0 Å². The fourth-order valence-electron chi connectivity index (χ4n) is 1.62. The van der Waals surface area contributed by atoms with Gasteiger partial charge in [0.15, 0.2) is 0 Å². The lowest BCUT2D eigenvalue weighted by molar-refractivity contribution is 0.0783. The van der Waals surface area contributed by atoms with Crippen molar-refractivity contribution in [2.24, 2.45) is 5.92 Å². The van der Waals surface area contributed by atoms with Crippen molar-refractivity contribution in [1.82, 2.24) is 5.32 Å². The van der Waals surface area contributed by atoms with Crippen molar-refractivity contribution in [2.75, 3.05) is 26.8 Å². The first-order valence-electron chi connectivity index (χ1n) is 4.72. The molecule has 2 nitrogen and oxygen atoms in total. The first-order chi connectivity index (χ1) is 5.83. The molecule has 1 aliphatic heterocycles. The summed E-state index contributed by atoms with van der Waals surface area (Å²) >= 11 is 0. The Hall–Kier alpha value is -0.340. The molecule has 1 aliphatic rings. The molecule has 0 radical (unpaired) electrons. The molecule has 0 amide bonds. The summed E-state index contributed by atoms with van der Waals surface area (Å²) in [5, 5.41) is 3.16. The van der Waals surface area contributed by atoms with Gasteiger partial charge in [0.25, 0.3) is 0 Å². The van der Waals surface area contributed by atoms with Gasteiger partial charge in [-0.2, -0.15) is 0 Å². The summed E-state index contributed by atoms with van der Waals surface area (Å²) in [7, 11) is 1.99. The zero-order valence-corrected chi connectivity index (χ0v) is 8.10. The van der Waals surface area contributed by atoms with Crippen molar-refractivity contribution in [3.8, 4) is 0 Å². The van der Waals surface area contributed by atoms with Crippen molar-refractivity contribution in [1.29, 1.82) is 0 Å². The molecule has 70 valence electrons. The van der Waals surface area contributed by atoms with Gasteiger partial charge in [0, 0.05) is 19.8 Å². The van der Waals surface area contributed by atoms with Crippen LogP contribution in [0.1, 0.15) is 19.8 Å². The van der Waals surface area contributed by atoms with Crippen molar-refractivity contribution in [3.05, 3.63) is 11.6 Å². The molecule has 1 saturated heterocycles. The maximum atomic E-state index is 5.30. The largest absolute Gasteiger partial charge is 0.381 e. The highest BCUT2D eigenvalue weighted by molar-refractivity contribution is 5.03. The maximum Gasteiger partial charge on any atom is 0.0471 e. The maximum absolute atomic E-state index is 5.30. The third-order valence-electron chi connectivity index (χ3n) is 2.24. The summed E-state index contributed by atoms with van der Waals surface area (Å²) in [5.41, 5.74) is 1.45. The smallest absolute Gasteiger partial charge is 0.0471 e. The van der Waals surface area contributed by atoms with Crippen LogP contribution < -0.4 is 5.32 Å². The Kier molecular flexibility index (Phi) is 4.33. The second-order valence-electron chi connectivity index (χ2n) is 3.49. The molecule has 1 rings (SSSR count). The molecule has 0 saturated carbocycles. The molecular formula is C10H19NO. The van der Waals surface area contributed by atoms with Crippen molar-refractivity contribution in [3.63, 3.8) is 0 Å². The van der Waals surface area contributed by atoms with E-state index in [4.69, 9.17) is 4.74 Å². The van der Waals surface area contributed by atoms with Gasteiger partial charge in [0.1, 0.15) is 0 Å². The molecule has 2 heteroatoms. The number of ether oxygens (including phenoxy) is 1. The summed E-state index contributed by atoms with van der Waals surface area (Å²) in [6.07, 6.45) is 4.78. The Morgan fingerprint density at radius 1 is 1.50 bits per heavy atom. The minimum absolute atomic E-state index is 0.757. The molecule has 0 aromatic carbocycles. The average Bonchev–Trinajstić information content (AvgIpc) is 2.06. The van der Waals surface area contributed by atoms with Crippen LogP contribution in [0.3, 0.4) is 0 Å². The molecule has 0 bridgehead atoms. The molecule has 1 N–H and O–H groups in total. The van der Waals surface area contributed by atoms with E-state index < -0.39 is 0 Å². The molecule has 0 spiro atoms. The topological polar surface area (TPSA) is 21.3 Å². The lowest BCUT2D eigenvalue weighted by Gasteiger charge is -2.19. The fraction of sp³-hybridized carbons (Fsp3) is 0.800. The zero-order chi connectivity index (χ0) is 8.81. The number of hydrogen-bond acceptors (Lipinski definition) is 2. The van der Waals surface area contributed by atoms with Crippen molar-refractivity contribution < 1.29 is 4.74 Å². The van der Waals surface area contributed by atoms with E-state index in [0.717, 1.165) is 25.7 Å². The van der Waals surface area contributed by atoms with Gasteiger partial charge in [-0.25, -0.2) is 0 Å². The van der Waals surface area contributed by atoms with E-state index in [-0.39, 0.29) is 0 Å².